The van der Waals surface area contributed by atoms with Gasteiger partial charge in [0.05, 0.1) is 0 Å². The van der Waals surface area contributed by atoms with Crippen molar-refractivity contribution in [2.24, 2.45) is 0 Å². The van der Waals surface area contributed by atoms with E-state index in [1.807, 2.05) is 0 Å². The Morgan fingerprint density at radius 1 is 1.07 bits per heavy atom. The summed E-state index contributed by atoms with van der Waals surface area (Å²) in [6, 6.07) is 6.99. The van der Waals surface area contributed by atoms with Crippen molar-refractivity contribution in [3.8, 4) is 0 Å². The van der Waals surface area contributed by atoms with Gasteiger partial charge in [-0.1, -0.05) is 6.07 Å². The predicted molar refractivity (Wildman–Crippen MR) is 63.3 cm³/mol. The Labute approximate surface area is 91.3 Å². The average Bonchev–Trinajstić information content (AvgIpc) is 2.82. The van der Waals surface area contributed by atoms with E-state index in [0.717, 1.165) is 13.1 Å². The van der Waals surface area contributed by atoms with Gasteiger partial charge in [0.25, 0.3) is 0 Å². The zero-order chi connectivity index (χ0) is 10.1. The molecule has 2 aliphatic rings. The molecule has 1 fully saturated rings. The Kier molecular flexibility index (Phi) is 2.37. The zero-order valence-electron chi connectivity index (χ0n) is 9.13. The molecule has 3 rings (SSSR count). The first-order chi connectivity index (χ1) is 7.43. The lowest BCUT2D eigenvalue weighted by Crippen LogP contribution is -2.24. The minimum atomic E-state index is 1.05. The van der Waals surface area contributed by atoms with E-state index in [9.17, 15) is 0 Å². The smallest absolute Gasteiger partial charge is 0.0369 e. The number of hydrogen-bond acceptors (Lipinski definition) is 2. The van der Waals surface area contributed by atoms with Gasteiger partial charge in [-0.05, 0) is 49.1 Å². The standard InChI is InChI=1S/C13H18N2/c1-2-8-15(7-1)13-4-3-12-10-14-6-5-11(12)9-13/h3-4,9,14H,1-2,5-8,10H2. The molecule has 0 atom stereocenters. The zero-order valence-corrected chi connectivity index (χ0v) is 9.13. The summed E-state index contributed by atoms with van der Waals surface area (Å²) in [5, 5.41) is 3.42. The van der Waals surface area contributed by atoms with Crippen LogP contribution in [0.3, 0.4) is 0 Å². The van der Waals surface area contributed by atoms with Crippen LogP contribution >= 0.6 is 0 Å². The van der Waals surface area contributed by atoms with Crippen molar-refractivity contribution in [2.45, 2.75) is 25.8 Å². The van der Waals surface area contributed by atoms with E-state index >= 15 is 0 Å². The fourth-order valence-corrected chi connectivity index (χ4v) is 2.64. The van der Waals surface area contributed by atoms with Gasteiger partial charge in [0.15, 0.2) is 0 Å². The maximum atomic E-state index is 3.42. The highest BCUT2D eigenvalue weighted by Crippen LogP contribution is 2.24. The van der Waals surface area contributed by atoms with Crippen molar-refractivity contribution < 1.29 is 0 Å². The van der Waals surface area contributed by atoms with Gasteiger partial charge >= 0.3 is 0 Å². The van der Waals surface area contributed by atoms with E-state index in [1.54, 1.807) is 5.56 Å². The van der Waals surface area contributed by atoms with E-state index < -0.39 is 0 Å². The fourth-order valence-electron chi connectivity index (χ4n) is 2.64. The lowest BCUT2D eigenvalue weighted by Gasteiger charge is -2.22. The first kappa shape index (κ1) is 9.22. The molecule has 0 radical (unpaired) electrons. The highest BCUT2D eigenvalue weighted by Gasteiger charge is 2.15. The molecule has 1 aromatic carbocycles. The normalized spacial score (nSPS) is 20.4. The predicted octanol–water partition coefficient (Wildman–Crippen LogP) is 1.93. The van der Waals surface area contributed by atoms with Gasteiger partial charge in [0, 0.05) is 25.3 Å². The van der Waals surface area contributed by atoms with E-state index in [0.29, 0.717) is 0 Å². The van der Waals surface area contributed by atoms with Crippen LogP contribution in [0.15, 0.2) is 18.2 Å². The van der Waals surface area contributed by atoms with Crippen LogP contribution < -0.4 is 10.2 Å². The third-order valence-electron chi connectivity index (χ3n) is 3.55. The lowest BCUT2D eigenvalue weighted by atomic mass is 10.0. The summed E-state index contributed by atoms with van der Waals surface area (Å²) in [7, 11) is 0. The summed E-state index contributed by atoms with van der Waals surface area (Å²) in [4.78, 5) is 2.52. The molecule has 2 heteroatoms. The van der Waals surface area contributed by atoms with Crippen molar-refractivity contribution in [2.75, 3.05) is 24.5 Å². The van der Waals surface area contributed by atoms with Crippen LogP contribution in [-0.4, -0.2) is 19.6 Å². The van der Waals surface area contributed by atoms with Crippen LogP contribution in [0.4, 0.5) is 5.69 Å². The molecule has 2 heterocycles. The van der Waals surface area contributed by atoms with Crippen molar-refractivity contribution >= 4 is 5.69 Å². The number of fused-ring (bicyclic) bond motifs is 1. The van der Waals surface area contributed by atoms with Crippen molar-refractivity contribution in [3.63, 3.8) is 0 Å². The van der Waals surface area contributed by atoms with Gasteiger partial charge in [-0.2, -0.15) is 0 Å². The Balaban J connectivity index is 1.89. The summed E-state index contributed by atoms with van der Waals surface area (Å²) >= 11 is 0. The lowest BCUT2D eigenvalue weighted by molar-refractivity contribution is 0.643. The van der Waals surface area contributed by atoms with Gasteiger partial charge < -0.3 is 10.2 Å². The molecule has 0 spiro atoms. The number of rotatable bonds is 1. The molecule has 0 aromatic heterocycles. The molecule has 15 heavy (non-hydrogen) atoms. The van der Waals surface area contributed by atoms with Crippen LogP contribution in [0.25, 0.3) is 0 Å². The molecule has 80 valence electrons. The maximum Gasteiger partial charge on any atom is 0.0369 e. The van der Waals surface area contributed by atoms with Crippen molar-refractivity contribution in [3.05, 3.63) is 29.3 Å². The molecule has 0 unspecified atom stereocenters. The SMILES string of the molecule is c1cc2c(cc1N1CCCC1)CCNC2. The number of nitrogens with zero attached hydrogens (tertiary/aromatic N) is 1. The second kappa shape index (κ2) is 3.86. The molecule has 0 amide bonds. The molecule has 0 saturated carbocycles. The van der Waals surface area contributed by atoms with Crippen molar-refractivity contribution in [1.82, 2.24) is 5.32 Å². The summed E-state index contributed by atoms with van der Waals surface area (Å²) in [5.41, 5.74) is 4.48. The van der Waals surface area contributed by atoms with Gasteiger partial charge in [-0.25, -0.2) is 0 Å². The largest absolute Gasteiger partial charge is 0.372 e. The van der Waals surface area contributed by atoms with Crippen molar-refractivity contribution in [1.29, 1.82) is 0 Å². The Hall–Kier alpha value is -1.02. The molecule has 1 saturated heterocycles. The van der Waals surface area contributed by atoms with Crippen LogP contribution in [-0.2, 0) is 13.0 Å². The topological polar surface area (TPSA) is 15.3 Å². The van der Waals surface area contributed by atoms with Gasteiger partial charge in [0.1, 0.15) is 0 Å². The number of benzene rings is 1. The second-order valence-electron chi connectivity index (χ2n) is 4.57. The second-order valence-corrected chi connectivity index (χ2v) is 4.57. The van der Waals surface area contributed by atoms with Gasteiger partial charge in [-0.15, -0.1) is 0 Å². The summed E-state index contributed by atoms with van der Waals surface area (Å²) in [5.74, 6) is 0. The molecule has 0 bridgehead atoms. The molecule has 1 N–H and O–H groups in total. The van der Waals surface area contributed by atoms with E-state index in [2.05, 4.69) is 28.4 Å². The molecule has 1 aromatic rings. The Morgan fingerprint density at radius 3 is 2.80 bits per heavy atom. The van der Waals surface area contributed by atoms with Crippen LogP contribution in [0.5, 0.6) is 0 Å². The highest BCUT2D eigenvalue weighted by atomic mass is 15.1. The number of hydrogen-bond donors (Lipinski definition) is 1. The molecule has 2 aliphatic heterocycles. The van der Waals surface area contributed by atoms with E-state index in [-0.39, 0.29) is 0 Å². The first-order valence-electron chi connectivity index (χ1n) is 6.01. The van der Waals surface area contributed by atoms with E-state index in [1.165, 1.54) is 43.6 Å². The number of nitrogens with one attached hydrogen (secondary N) is 1. The van der Waals surface area contributed by atoms with E-state index in [4.69, 9.17) is 0 Å². The first-order valence-corrected chi connectivity index (χ1v) is 6.01. The molecule has 0 aliphatic carbocycles. The Morgan fingerprint density at radius 2 is 1.93 bits per heavy atom. The highest BCUT2D eigenvalue weighted by molar-refractivity contribution is 5.52. The average molecular weight is 202 g/mol. The van der Waals surface area contributed by atoms with Crippen LogP contribution in [0.1, 0.15) is 24.0 Å². The molecular formula is C13H18N2. The minimum absolute atomic E-state index is 1.05. The molecular weight excluding hydrogens is 184 g/mol. The minimum Gasteiger partial charge on any atom is -0.372 e. The third kappa shape index (κ3) is 1.74. The monoisotopic (exact) mass is 202 g/mol. The summed E-state index contributed by atoms with van der Waals surface area (Å²) < 4.78 is 0. The maximum absolute atomic E-state index is 3.42. The fraction of sp³-hybridized carbons (Fsp3) is 0.538. The van der Waals surface area contributed by atoms with Gasteiger partial charge in [-0.3, -0.25) is 0 Å². The molecule has 2 nitrogen and oxygen atoms in total. The van der Waals surface area contributed by atoms with Gasteiger partial charge in [0.2, 0.25) is 0 Å². The number of anilines is 1. The van der Waals surface area contributed by atoms with Crippen LogP contribution in [0, 0.1) is 0 Å². The quantitative estimate of drug-likeness (QED) is 0.748. The third-order valence-corrected chi connectivity index (χ3v) is 3.55. The Bertz CT molecular complexity index is 354. The summed E-state index contributed by atoms with van der Waals surface area (Å²) in [6.07, 6.45) is 3.91. The summed E-state index contributed by atoms with van der Waals surface area (Å²) in [6.45, 7) is 4.68. The van der Waals surface area contributed by atoms with Crippen LogP contribution in [0.2, 0.25) is 0 Å².